The summed E-state index contributed by atoms with van der Waals surface area (Å²) in [5.74, 6) is 0.0120. The first-order chi connectivity index (χ1) is 29.9. The molecule has 2 aliphatic heterocycles. The molecule has 2 saturated heterocycles. The summed E-state index contributed by atoms with van der Waals surface area (Å²) < 4.78 is 21.8. The second-order valence-electron chi connectivity index (χ2n) is 16.2. The predicted octanol–water partition coefficient (Wildman–Crippen LogP) is 6.00. The van der Waals surface area contributed by atoms with Crippen molar-refractivity contribution in [3.63, 3.8) is 0 Å². The Morgan fingerprint density at radius 1 is 0.694 bits per heavy atom. The van der Waals surface area contributed by atoms with Crippen LogP contribution in [0, 0.1) is 11.8 Å². The fourth-order valence-electron chi connectivity index (χ4n) is 8.13. The number of likely N-dealkylation sites (tertiary alicyclic amines) is 2. The molecule has 0 spiro atoms. The lowest BCUT2D eigenvalue weighted by atomic mass is 10.0. The van der Waals surface area contributed by atoms with Crippen molar-refractivity contribution >= 4 is 29.9 Å². The molecule has 17 nitrogen and oxygen atoms in total. The van der Waals surface area contributed by atoms with E-state index in [-0.39, 0.29) is 48.8 Å². The van der Waals surface area contributed by atoms with Gasteiger partial charge in [-0.1, -0.05) is 76.2 Å². The van der Waals surface area contributed by atoms with Gasteiger partial charge in [0.1, 0.15) is 30.3 Å². The van der Waals surface area contributed by atoms with Crippen molar-refractivity contribution in [2.45, 2.75) is 77.5 Å². The van der Waals surface area contributed by atoms with E-state index in [1.165, 1.54) is 14.2 Å². The minimum Gasteiger partial charge on any atom is -0.453 e. The number of amides is 4. The van der Waals surface area contributed by atoms with E-state index in [0.29, 0.717) is 49.9 Å². The summed E-state index contributed by atoms with van der Waals surface area (Å²) in [6.07, 6.45) is 4.96. The number of carbonyl (C=O) groups excluding carboxylic acids is 5. The van der Waals surface area contributed by atoms with Crippen molar-refractivity contribution in [2.75, 3.05) is 54.2 Å². The molecular weight excluding hydrogens is 797 g/mol. The van der Waals surface area contributed by atoms with Gasteiger partial charge in [0.05, 0.1) is 63.3 Å². The summed E-state index contributed by atoms with van der Waals surface area (Å²) >= 11 is 0. The van der Waals surface area contributed by atoms with Gasteiger partial charge in [0.2, 0.25) is 11.8 Å². The molecule has 0 saturated carbocycles. The maximum absolute atomic E-state index is 13.9. The van der Waals surface area contributed by atoms with E-state index in [0.717, 1.165) is 40.8 Å². The molecule has 4 amide bonds. The number of carbonyl (C=O) groups is 5. The molecule has 0 unspecified atom stereocenters. The third kappa shape index (κ3) is 10.2. The molecule has 2 aromatic heterocycles. The van der Waals surface area contributed by atoms with E-state index in [2.05, 4.69) is 20.6 Å². The standard InChI is InChI=1S/C45H58N8O9/c1-27(2)38(49-44(57)60-6)42(55)51-20-8-10-34(51)40-46-24-33(48-40)31-16-12-29(13-17-31)30-14-18-32(19-15-30)36-25-47-41(53(36)37(54)26-62-23-22-59-5)35-11-9-21-52(35)43(56)39(28(3)4)50-45(58)61-7/h12-19,24-25,27-28,34-35,38-39H,8-11,20-23,26H2,1-7H3,(H,46,48)(H,49,57)(H,50,58)/t34-,35-,38-,39-/m0/s1. The first-order valence-corrected chi connectivity index (χ1v) is 21.1. The van der Waals surface area contributed by atoms with Crippen molar-refractivity contribution in [1.29, 1.82) is 0 Å². The van der Waals surface area contributed by atoms with Gasteiger partial charge in [0, 0.05) is 25.8 Å². The number of benzene rings is 2. The molecule has 2 aliphatic rings. The molecule has 4 heterocycles. The Morgan fingerprint density at radius 3 is 1.74 bits per heavy atom. The van der Waals surface area contributed by atoms with Crippen LogP contribution in [-0.2, 0) is 28.5 Å². The highest BCUT2D eigenvalue weighted by molar-refractivity contribution is 5.89. The van der Waals surface area contributed by atoms with E-state index in [1.807, 2.05) is 76.2 Å². The fraction of sp³-hybridized carbons (Fsp3) is 0.489. The molecule has 0 radical (unpaired) electrons. The Kier molecular flexibility index (Phi) is 15.1. The number of methoxy groups -OCH3 is 3. The highest BCUT2D eigenvalue weighted by Crippen LogP contribution is 2.36. The van der Waals surface area contributed by atoms with Crippen molar-refractivity contribution < 1.29 is 42.9 Å². The highest BCUT2D eigenvalue weighted by Gasteiger charge is 2.40. The molecule has 3 N–H and O–H groups in total. The van der Waals surface area contributed by atoms with E-state index in [1.54, 1.807) is 33.9 Å². The van der Waals surface area contributed by atoms with Crippen molar-refractivity contribution in [1.82, 2.24) is 40.0 Å². The average Bonchev–Trinajstić information content (AvgIpc) is 4.12. The third-order valence-corrected chi connectivity index (χ3v) is 11.5. The van der Waals surface area contributed by atoms with Crippen LogP contribution in [0.3, 0.4) is 0 Å². The Morgan fingerprint density at radius 2 is 1.21 bits per heavy atom. The number of aromatic nitrogens is 4. The van der Waals surface area contributed by atoms with Crippen molar-refractivity contribution in [3.8, 4) is 33.6 Å². The number of rotatable bonds is 16. The van der Waals surface area contributed by atoms with E-state index < -0.39 is 30.3 Å². The summed E-state index contributed by atoms with van der Waals surface area (Å²) in [6.45, 7) is 8.84. The third-order valence-electron chi connectivity index (χ3n) is 11.5. The number of hydrogen-bond donors (Lipinski definition) is 3. The van der Waals surface area contributed by atoms with Crippen LogP contribution in [0.2, 0.25) is 0 Å². The van der Waals surface area contributed by atoms with Crippen molar-refractivity contribution in [3.05, 3.63) is 72.6 Å². The summed E-state index contributed by atoms with van der Waals surface area (Å²) in [5.41, 5.74) is 4.99. The highest BCUT2D eigenvalue weighted by atomic mass is 16.5. The molecule has 17 heteroatoms. The lowest BCUT2D eigenvalue weighted by molar-refractivity contribution is -0.136. The molecule has 4 atom stereocenters. The largest absolute Gasteiger partial charge is 0.453 e. The van der Waals surface area contributed by atoms with Gasteiger partial charge in [-0.15, -0.1) is 0 Å². The minimum atomic E-state index is -0.820. The zero-order valence-corrected chi connectivity index (χ0v) is 36.5. The van der Waals surface area contributed by atoms with Gasteiger partial charge in [0.15, 0.2) is 0 Å². The summed E-state index contributed by atoms with van der Waals surface area (Å²) in [4.78, 5) is 81.9. The second kappa shape index (κ2) is 20.7. The number of aromatic amines is 1. The Labute approximate surface area is 361 Å². The van der Waals surface area contributed by atoms with Crippen LogP contribution < -0.4 is 10.6 Å². The molecule has 62 heavy (non-hydrogen) atoms. The van der Waals surface area contributed by atoms with Crippen LogP contribution in [0.1, 0.15) is 81.9 Å². The number of nitrogens with one attached hydrogen (secondary N) is 3. The van der Waals surface area contributed by atoms with E-state index >= 15 is 0 Å². The summed E-state index contributed by atoms with van der Waals surface area (Å²) in [5, 5.41) is 5.36. The van der Waals surface area contributed by atoms with Crippen LogP contribution in [0.4, 0.5) is 9.59 Å². The zero-order valence-electron chi connectivity index (χ0n) is 36.5. The molecule has 2 aromatic carbocycles. The van der Waals surface area contributed by atoms with E-state index in [9.17, 15) is 24.0 Å². The average molecular weight is 855 g/mol. The summed E-state index contributed by atoms with van der Waals surface area (Å²) in [7, 11) is 4.09. The quantitative estimate of drug-likeness (QED) is 0.112. The number of H-pyrrole nitrogens is 1. The Hall–Kier alpha value is -6.07. The van der Waals surface area contributed by atoms with Crippen LogP contribution in [0.15, 0.2) is 60.9 Å². The number of ether oxygens (including phenoxy) is 4. The van der Waals surface area contributed by atoms with Gasteiger partial charge in [0.25, 0.3) is 5.91 Å². The normalized spacial score (nSPS) is 17.3. The SMILES string of the molecule is COCCOCC(=O)n1c(-c2ccc(-c3ccc(-c4cnc([C@@H]5CCCN5C(=O)[C@@H](NC(=O)OC)C(C)C)[nH]4)cc3)cc2)cnc1[C@@H]1CCCN1C(=O)[C@@H](NC(=O)OC)C(C)C. The molecule has 0 bridgehead atoms. The number of nitrogens with zero attached hydrogens (tertiary/aromatic N) is 5. The Bertz CT molecular complexity index is 2180. The van der Waals surface area contributed by atoms with Gasteiger partial charge < -0.3 is 44.4 Å². The lowest BCUT2D eigenvalue weighted by Crippen LogP contribution is -2.51. The Balaban J connectivity index is 1.20. The van der Waals surface area contributed by atoms with Gasteiger partial charge in [-0.25, -0.2) is 19.6 Å². The number of alkyl carbamates (subject to hydrolysis) is 2. The topological polar surface area (TPSA) is 199 Å². The van der Waals surface area contributed by atoms with Crippen LogP contribution in [0.25, 0.3) is 33.6 Å². The van der Waals surface area contributed by atoms with Crippen LogP contribution in [0.5, 0.6) is 0 Å². The van der Waals surface area contributed by atoms with Gasteiger partial charge >= 0.3 is 12.2 Å². The fourth-order valence-corrected chi connectivity index (χ4v) is 8.13. The van der Waals surface area contributed by atoms with Crippen molar-refractivity contribution in [2.24, 2.45) is 11.8 Å². The minimum absolute atomic E-state index is 0.128. The number of imidazole rings is 2. The first-order valence-electron chi connectivity index (χ1n) is 21.1. The second-order valence-corrected chi connectivity index (χ2v) is 16.2. The maximum Gasteiger partial charge on any atom is 0.407 e. The van der Waals surface area contributed by atoms with E-state index in [4.69, 9.17) is 23.9 Å². The smallest absolute Gasteiger partial charge is 0.407 e. The molecule has 4 aromatic rings. The van der Waals surface area contributed by atoms with Gasteiger partial charge in [-0.2, -0.15) is 0 Å². The van der Waals surface area contributed by atoms with Crippen LogP contribution in [-0.4, -0.2) is 126 Å². The van der Waals surface area contributed by atoms with Gasteiger partial charge in [-0.3, -0.25) is 19.0 Å². The molecule has 332 valence electrons. The molecular formula is C45H58N8O9. The number of hydrogen-bond acceptors (Lipinski definition) is 11. The molecule has 6 rings (SSSR count). The van der Waals surface area contributed by atoms with Gasteiger partial charge in [-0.05, 0) is 54.2 Å². The maximum atomic E-state index is 13.9. The zero-order chi connectivity index (χ0) is 44.5. The molecule has 0 aliphatic carbocycles. The molecule has 2 fully saturated rings. The predicted molar refractivity (Wildman–Crippen MR) is 230 cm³/mol. The monoisotopic (exact) mass is 854 g/mol. The van der Waals surface area contributed by atoms with Crippen LogP contribution >= 0.6 is 0 Å². The lowest BCUT2D eigenvalue weighted by Gasteiger charge is -2.30. The summed E-state index contributed by atoms with van der Waals surface area (Å²) in [6, 6.07) is 13.6. The first kappa shape index (κ1) is 45.5.